The van der Waals surface area contributed by atoms with Gasteiger partial charge in [0.25, 0.3) is 0 Å². The Labute approximate surface area is 136 Å². The maximum absolute atomic E-state index is 12.5. The summed E-state index contributed by atoms with van der Waals surface area (Å²) < 4.78 is 5.38. The third-order valence-corrected chi connectivity index (χ3v) is 5.58. The number of carbonyl (C=O) groups is 1. The number of amides is 2. The van der Waals surface area contributed by atoms with Crippen LogP contribution in [0.1, 0.15) is 30.7 Å². The van der Waals surface area contributed by atoms with Crippen molar-refractivity contribution in [1.29, 1.82) is 0 Å². The van der Waals surface area contributed by atoms with E-state index in [0.717, 1.165) is 45.7 Å². The van der Waals surface area contributed by atoms with Crippen molar-refractivity contribution in [1.82, 2.24) is 15.1 Å². The van der Waals surface area contributed by atoms with Gasteiger partial charge in [-0.05, 0) is 31.2 Å². The molecule has 3 heterocycles. The molecular weight excluding hydrogens is 298 g/mol. The van der Waals surface area contributed by atoms with Gasteiger partial charge < -0.3 is 15.0 Å². The lowest BCUT2D eigenvalue weighted by Crippen LogP contribution is -2.49. The van der Waals surface area contributed by atoms with E-state index < -0.39 is 0 Å². The lowest BCUT2D eigenvalue weighted by atomic mass is 10.2. The largest absolute Gasteiger partial charge is 0.379 e. The monoisotopic (exact) mass is 323 g/mol. The number of rotatable bonds is 4. The van der Waals surface area contributed by atoms with Gasteiger partial charge in [-0.1, -0.05) is 6.07 Å². The molecule has 2 saturated heterocycles. The predicted molar refractivity (Wildman–Crippen MR) is 88.3 cm³/mol. The first-order valence-corrected chi connectivity index (χ1v) is 9.03. The lowest BCUT2D eigenvalue weighted by Gasteiger charge is -2.33. The summed E-state index contributed by atoms with van der Waals surface area (Å²) in [4.78, 5) is 18.2. The summed E-state index contributed by atoms with van der Waals surface area (Å²) in [6, 6.07) is 4.90. The molecule has 2 aliphatic heterocycles. The van der Waals surface area contributed by atoms with Crippen LogP contribution in [0, 0.1) is 0 Å². The number of ether oxygens (including phenoxy) is 1. The van der Waals surface area contributed by atoms with E-state index in [-0.39, 0.29) is 12.1 Å². The first-order valence-electron chi connectivity index (χ1n) is 8.15. The van der Waals surface area contributed by atoms with Gasteiger partial charge in [0, 0.05) is 37.1 Å². The van der Waals surface area contributed by atoms with Crippen LogP contribution < -0.4 is 5.32 Å². The Morgan fingerprint density at radius 1 is 1.45 bits per heavy atom. The van der Waals surface area contributed by atoms with Crippen LogP contribution in [0.5, 0.6) is 0 Å². The molecule has 0 bridgehead atoms. The van der Waals surface area contributed by atoms with Crippen LogP contribution in [0.25, 0.3) is 0 Å². The third-order valence-electron chi connectivity index (χ3n) is 4.60. The molecular formula is C16H25N3O2S. The first kappa shape index (κ1) is 15.8. The molecule has 5 nitrogen and oxygen atoms in total. The number of nitrogens with one attached hydrogen (secondary N) is 1. The number of hydrogen-bond donors (Lipinski definition) is 1. The molecule has 0 aliphatic carbocycles. The minimum Gasteiger partial charge on any atom is -0.379 e. The van der Waals surface area contributed by atoms with Crippen molar-refractivity contribution in [3.05, 3.63) is 22.4 Å². The minimum atomic E-state index is 0.0796. The van der Waals surface area contributed by atoms with Crippen LogP contribution in [0.2, 0.25) is 0 Å². The molecule has 2 aliphatic rings. The molecule has 2 amide bonds. The maximum atomic E-state index is 12.5. The molecule has 1 aromatic rings. The molecule has 1 aromatic heterocycles. The second-order valence-electron chi connectivity index (χ2n) is 6.05. The molecule has 0 saturated carbocycles. The highest BCUT2D eigenvalue weighted by atomic mass is 32.1. The lowest BCUT2D eigenvalue weighted by molar-refractivity contribution is 0.0206. The molecule has 2 atom stereocenters. The molecule has 0 radical (unpaired) electrons. The predicted octanol–water partition coefficient (Wildman–Crippen LogP) is 2.32. The summed E-state index contributed by atoms with van der Waals surface area (Å²) in [5, 5.41) is 5.21. The number of likely N-dealkylation sites (tertiary alicyclic amines) is 1. The van der Waals surface area contributed by atoms with E-state index in [0.29, 0.717) is 12.6 Å². The molecule has 1 N–H and O–H groups in total. The number of urea groups is 1. The smallest absolute Gasteiger partial charge is 0.317 e. The highest BCUT2D eigenvalue weighted by Gasteiger charge is 2.30. The highest BCUT2D eigenvalue weighted by Crippen LogP contribution is 2.34. The number of carbonyl (C=O) groups excluding carboxylic acids is 1. The summed E-state index contributed by atoms with van der Waals surface area (Å²) in [5.41, 5.74) is 0. The second-order valence-corrected chi connectivity index (χ2v) is 7.03. The summed E-state index contributed by atoms with van der Waals surface area (Å²) >= 11 is 1.74. The zero-order valence-electron chi connectivity index (χ0n) is 13.2. The molecule has 0 spiro atoms. The van der Waals surface area contributed by atoms with Crippen LogP contribution in [-0.2, 0) is 4.74 Å². The van der Waals surface area contributed by atoms with E-state index in [4.69, 9.17) is 4.74 Å². The maximum Gasteiger partial charge on any atom is 0.317 e. The Kier molecular flexibility index (Phi) is 5.33. The average Bonchev–Trinajstić information content (AvgIpc) is 3.23. The van der Waals surface area contributed by atoms with E-state index in [1.807, 2.05) is 4.90 Å². The van der Waals surface area contributed by atoms with E-state index in [1.54, 1.807) is 11.3 Å². The fraction of sp³-hybridized carbons (Fsp3) is 0.688. The number of morpholine rings is 1. The molecule has 2 fully saturated rings. The number of hydrogen-bond acceptors (Lipinski definition) is 4. The van der Waals surface area contributed by atoms with Crippen molar-refractivity contribution in [2.45, 2.75) is 31.8 Å². The van der Waals surface area contributed by atoms with Gasteiger partial charge in [-0.15, -0.1) is 11.3 Å². The minimum absolute atomic E-state index is 0.0796. The van der Waals surface area contributed by atoms with Crippen LogP contribution in [0.15, 0.2) is 17.5 Å². The van der Waals surface area contributed by atoms with Gasteiger partial charge in [-0.25, -0.2) is 4.79 Å². The van der Waals surface area contributed by atoms with Gasteiger partial charge in [0.15, 0.2) is 0 Å². The normalized spacial score (nSPS) is 24.4. The Hall–Kier alpha value is -1.11. The number of nitrogens with zero attached hydrogens (tertiary/aromatic N) is 2. The van der Waals surface area contributed by atoms with Gasteiger partial charge in [-0.2, -0.15) is 0 Å². The standard InChI is InChI=1S/C16H25N3O2S/c1-13(18-7-9-21-10-8-18)12-17-16(20)19-6-2-4-14(19)15-5-3-11-22-15/h3,5,11,13-14H,2,4,6-10,12H2,1H3,(H,17,20)/t13-,14+/m0/s1. The van der Waals surface area contributed by atoms with E-state index in [9.17, 15) is 4.79 Å². The van der Waals surface area contributed by atoms with Gasteiger partial charge >= 0.3 is 6.03 Å². The molecule has 3 rings (SSSR count). The number of thiophene rings is 1. The van der Waals surface area contributed by atoms with Crippen molar-refractivity contribution < 1.29 is 9.53 Å². The van der Waals surface area contributed by atoms with Gasteiger partial charge in [0.05, 0.1) is 19.3 Å². The fourth-order valence-corrected chi connectivity index (χ4v) is 4.14. The third kappa shape index (κ3) is 3.62. The summed E-state index contributed by atoms with van der Waals surface area (Å²) in [5.74, 6) is 0. The Bertz CT molecular complexity index is 474. The van der Waals surface area contributed by atoms with Crippen LogP contribution >= 0.6 is 11.3 Å². The first-order chi connectivity index (χ1) is 10.8. The van der Waals surface area contributed by atoms with Crippen molar-refractivity contribution in [3.63, 3.8) is 0 Å². The van der Waals surface area contributed by atoms with Crippen LogP contribution in [-0.4, -0.2) is 61.3 Å². The summed E-state index contributed by atoms with van der Waals surface area (Å²) in [6.45, 7) is 7.24. The Morgan fingerprint density at radius 3 is 3.00 bits per heavy atom. The van der Waals surface area contributed by atoms with Crippen molar-refractivity contribution in [2.24, 2.45) is 0 Å². The zero-order valence-corrected chi connectivity index (χ0v) is 14.0. The topological polar surface area (TPSA) is 44.8 Å². The Balaban J connectivity index is 1.50. The van der Waals surface area contributed by atoms with Crippen molar-refractivity contribution in [2.75, 3.05) is 39.4 Å². The molecule has 0 unspecified atom stereocenters. The highest BCUT2D eigenvalue weighted by molar-refractivity contribution is 7.10. The quantitative estimate of drug-likeness (QED) is 0.925. The zero-order chi connectivity index (χ0) is 15.4. The average molecular weight is 323 g/mol. The molecule has 22 heavy (non-hydrogen) atoms. The molecule has 122 valence electrons. The van der Waals surface area contributed by atoms with Gasteiger partial charge in [0.1, 0.15) is 0 Å². The fourth-order valence-electron chi connectivity index (χ4n) is 3.27. The van der Waals surface area contributed by atoms with Gasteiger partial charge in [0.2, 0.25) is 0 Å². The molecule has 0 aromatic carbocycles. The van der Waals surface area contributed by atoms with Crippen LogP contribution in [0.3, 0.4) is 0 Å². The van der Waals surface area contributed by atoms with Crippen molar-refractivity contribution >= 4 is 17.4 Å². The summed E-state index contributed by atoms with van der Waals surface area (Å²) in [6.07, 6.45) is 2.17. The SMILES string of the molecule is C[C@@H](CNC(=O)N1CCC[C@@H]1c1cccs1)N1CCOCC1. The van der Waals surface area contributed by atoms with E-state index >= 15 is 0 Å². The summed E-state index contributed by atoms with van der Waals surface area (Å²) in [7, 11) is 0. The van der Waals surface area contributed by atoms with E-state index in [1.165, 1.54) is 4.88 Å². The van der Waals surface area contributed by atoms with E-state index in [2.05, 4.69) is 34.7 Å². The molecule has 6 heteroatoms. The van der Waals surface area contributed by atoms with Crippen molar-refractivity contribution in [3.8, 4) is 0 Å². The van der Waals surface area contributed by atoms with Crippen LogP contribution in [0.4, 0.5) is 4.79 Å². The van der Waals surface area contributed by atoms with Gasteiger partial charge in [-0.3, -0.25) is 4.90 Å². The second kappa shape index (κ2) is 7.44. The Morgan fingerprint density at radius 2 is 2.27 bits per heavy atom.